The zero-order valence-electron chi connectivity index (χ0n) is 33.1. The molecule has 0 amide bonds. The number of rotatable bonds is 9. The molecule has 0 radical (unpaired) electrons. The fourth-order valence-corrected chi connectivity index (χ4v) is 7.31. The Morgan fingerprint density at radius 1 is 0.792 bits per heavy atom. The Kier molecular flexibility index (Phi) is 14.2. The third-order valence-corrected chi connectivity index (χ3v) is 10.3. The van der Waals surface area contributed by atoms with Crippen molar-refractivity contribution in [1.82, 2.24) is 30.2 Å². The SMILES string of the molecule is C/C=C(\CC)c1cc(-c2c(C)noc2C)cc2[nH]c(C3CC3)nc12.CCC(CC)c1cc(-c2c(C)noc2C)cc2[nH]c(C3CC3)nc12.CCO.[CH3-].[HH].[Pd]. The van der Waals surface area contributed by atoms with Gasteiger partial charge in [-0.15, -0.1) is 0 Å². The number of allylic oxidation sites excluding steroid dienone is 2. The van der Waals surface area contributed by atoms with E-state index >= 15 is 0 Å². The van der Waals surface area contributed by atoms with Gasteiger partial charge in [0.05, 0.1) is 33.5 Å². The monoisotopic (exact) mass is 813 g/mol. The van der Waals surface area contributed by atoms with E-state index in [1.807, 2.05) is 27.7 Å². The Hall–Kier alpha value is -3.84. The third kappa shape index (κ3) is 8.77. The van der Waals surface area contributed by atoms with E-state index in [4.69, 9.17) is 24.1 Å². The Labute approximate surface area is 330 Å². The standard InChI is InChI=1S/C20H25N3O.C20H23N3O.C2H6O.CH3.Pd.H2/c2*1-5-13(6-2)16-9-15(18-11(3)23-24-12(18)4)10-17-19(16)22-20(21-17)14-7-8-14;1-2-3;;;/h9-10,13-14H,5-8H2,1-4H3,(H,21,22);5,9-10,14H,6-8H2,1-4H3,(H,21,22);3H,2H2,1H3;1H3;;1H/q;;;-1;;/b;13-5+;;;;. The number of fused-ring (bicyclic) bond motifs is 2. The Morgan fingerprint density at radius 3 is 1.64 bits per heavy atom. The molecule has 2 fully saturated rings. The molecular weight excluding hydrogens is 755 g/mol. The maximum atomic E-state index is 7.57. The first-order chi connectivity index (χ1) is 24.6. The summed E-state index contributed by atoms with van der Waals surface area (Å²) in [5, 5.41) is 15.8. The summed E-state index contributed by atoms with van der Waals surface area (Å²) in [5.41, 5.74) is 14.8. The smallest absolute Gasteiger partial charge is 0.141 e. The number of aliphatic hydroxyl groups is 1. The van der Waals surface area contributed by atoms with Crippen molar-refractivity contribution in [3.63, 3.8) is 0 Å². The van der Waals surface area contributed by atoms with Crippen LogP contribution in [0.15, 0.2) is 39.4 Å². The Balaban J connectivity index is 0.000000257. The van der Waals surface area contributed by atoms with Crippen LogP contribution in [0.2, 0.25) is 0 Å². The molecular formula is C43H59N6O3Pd-. The molecule has 0 unspecified atom stereocenters. The molecule has 2 saturated carbocycles. The molecule has 53 heavy (non-hydrogen) atoms. The van der Waals surface area contributed by atoms with Crippen molar-refractivity contribution in [3.05, 3.63) is 83.5 Å². The van der Waals surface area contributed by atoms with E-state index in [-0.39, 0.29) is 35.9 Å². The van der Waals surface area contributed by atoms with Crippen LogP contribution < -0.4 is 0 Å². The van der Waals surface area contributed by atoms with E-state index < -0.39 is 0 Å². The number of nitrogens with one attached hydrogen (secondary N) is 2. The van der Waals surface area contributed by atoms with Crippen LogP contribution in [0.3, 0.4) is 0 Å². The molecule has 9 nitrogen and oxygen atoms in total. The number of hydrogen-bond donors (Lipinski definition) is 3. The summed E-state index contributed by atoms with van der Waals surface area (Å²) in [4.78, 5) is 17.0. The van der Waals surface area contributed by atoms with Gasteiger partial charge in [-0.3, -0.25) is 0 Å². The number of imidazole rings is 2. The second-order valence-corrected chi connectivity index (χ2v) is 14.1. The van der Waals surface area contributed by atoms with Crippen molar-refractivity contribution in [2.45, 2.75) is 125 Å². The van der Waals surface area contributed by atoms with Crippen molar-refractivity contribution in [2.24, 2.45) is 0 Å². The number of H-pyrrole nitrogens is 2. The van der Waals surface area contributed by atoms with Crippen LogP contribution >= 0.6 is 0 Å². The van der Waals surface area contributed by atoms with E-state index in [9.17, 15) is 0 Å². The van der Waals surface area contributed by atoms with Gasteiger partial charge in [-0.25, -0.2) is 9.97 Å². The first-order valence-electron chi connectivity index (χ1n) is 18.9. The summed E-state index contributed by atoms with van der Waals surface area (Å²) in [6.45, 7) is 18.7. The van der Waals surface area contributed by atoms with Gasteiger partial charge in [-0.1, -0.05) is 37.2 Å². The summed E-state index contributed by atoms with van der Waals surface area (Å²) < 4.78 is 10.8. The van der Waals surface area contributed by atoms with Crippen molar-refractivity contribution >= 4 is 27.6 Å². The molecule has 290 valence electrons. The first-order valence-corrected chi connectivity index (χ1v) is 18.9. The second kappa shape index (κ2) is 18.0. The maximum Gasteiger partial charge on any atom is 0.141 e. The predicted octanol–water partition coefficient (Wildman–Crippen LogP) is 11.8. The molecule has 2 aliphatic rings. The topological polar surface area (TPSA) is 130 Å². The number of aromatic nitrogens is 6. The fraction of sp³-hybridized carbons (Fsp3) is 0.465. The summed E-state index contributed by atoms with van der Waals surface area (Å²) in [7, 11) is 0. The van der Waals surface area contributed by atoms with Crippen LogP contribution in [0, 0.1) is 35.1 Å². The van der Waals surface area contributed by atoms with Crippen LogP contribution in [0.5, 0.6) is 0 Å². The Morgan fingerprint density at radius 2 is 1.25 bits per heavy atom. The van der Waals surface area contributed by atoms with Gasteiger partial charge in [-0.2, -0.15) is 0 Å². The molecule has 0 aliphatic heterocycles. The molecule has 2 aliphatic carbocycles. The van der Waals surface area contributed by atoms with Gasteiger partial charge in [0.25, 0.3) is 0 Å². The van der Waals surface area contributed by atoms with E-state index in [0.29, 0.717) is 17.8 Å². The summed E-state index contributed by atoms with van der Waals surface area (Å²) in [6.07, 6.45) is 10.4. The number of nitrogens with zero attached hydrogens (tertiary/aromatic N) is 4. The molecule has 2 aromatic carbocycles. The van der Waals surface area contributed by atoms with Crippen LogP contribution in [0.4, 0.5) is 0 Å². The van der Waals surface area contributed by atoms with Gasteiger partial charge in [0, 0.05) is 57.0 Å². The molecule has 0 bridgehead atoms. The predicted molar refractivity (Wildman–Crippen MR) is 215 cm³/mol. The fourth-order valence-electron chi connectivity index (χ4n) is 7.31. The van der Waals surface area contributed by atoms with E-state index in [0.717, 1.165) is 92.6 Å². The number of benzene rings is 2. The molecule has 4 heterocycles. The maximum absolute atomic E-state index is 7.57. The van der Waals surface area contributed by atoms with Crippen molar-refractivity contribution < 1.29 is 36.0 Å². The van der Waals surface area contributed by atoms with Gasteiger partial charge in [0.2, 0.25) is 0 Å². The van der Waals surface area contributed by atoms with Gasteiger partial charge in [0.15, 0.2) is 0 Å². The third-order valence-electron chi connectivity index (χ3n) is 10.3. The minimum absolute atomic E-state index is 0. The average Bonchev–Trinajstić information content (AvgIpc) is 4.01. The second-order valence-electron chi connectivity index (χ2n) is 14.1. The minimum Gasteiger partial charge on any atom is -0.397 e. The van der Waals surface area contributed by atoms with Gasteiger partial charge in [0.1, 0.15) is 23.2 Å². The first kappa shape index (κ1) is 41.9. The van der Waals surface area contributed by atoms with Crippen LogP contribution in [-0.2, 0) is 20.4 Å². The van der Waals surface area contributed by atoms with Crippen molar-refractivity contribution in [2.75, 3.05) is 6.61 Å². The van der Waals surface area contributed by atoms with Gasteiger partial charge >= 0.3 is 0 Å². The molecule has 8 rings (SSSR count). The molecule has 6 aromatic rings. The summed E-state index contributed by atoms with van der Waals surface area (Å²) >= 11 is 0. The van der Waals surface area contributed by atoms with E-state index in [1.165, 1.54) is 47.9 Å². The van der Waals surface area contributed by atoms with Crippen LogP contribution in [-0.4, -0.2) is 42.0 Å². The number of hydrogen-bond acceptors (Lipinski definition) is 7. The molecule has 0 saturated heterocycles. The molecule has 4 aromatic heterocycles. The molecule has 10 heteroatoms. The van der Waals surface area contributed by atoms with Crippen molar-refractivity contribution in [3.8, 4) is 22.3 Å². The summed E-state index contributed by atoms with van der Waals surface area (Å²) in [5.74, 6) is 5.81. The van der Waals surface area contributed by atoms with E-state index in [2.05, 4.69) is 78.3 Å². The number of aliphatic hydroxyl groups excluding tert-OH is 1. The minimum atomic E-state index is 0. The number of aromatic amines is 2. The van der Waals surface area contributed by atoms with Crippen LogP contribution in [0.25, 0.3) is 49.9 Å². The number of aryl methyl sites for hydroxylation is 4. The largest absolute Gasteiger partial charge is 0.397 e. The zero-order valence-corrected chi connectivity index (χ0v) is 34.7. The zero-order chi connectivity index (χ0) is 36.4. The van der Waals surface area contributed by atoms with Gasteiger partial charge in [-0.05, 0) is 139 Å². The molecule has 3 N–H and O–H groups in total. The van der Waals surface area contributed by atoms with Gasteiger partial charge < -0.3 is 31.5 Å². The molecule has 0 atom stereocenters. The average molecular weight is 814 g/mol. The Bertz CT molecular complexity index is 2130. The van der Waals surface area contributed by atoms with E-state index in [1.54, 1.807) is 6.92 Å². The van der Waals surface area contributed by atoms with Crippen LogP contribution in [0.1, 0.15) is 144 Å². The quantitative estimate of drug-likeness (QED) is 0.0979. The molecule has 0 spiro atoms. The normalized spacial score (nSPS) is 14.1. The summed E-state index contributed by atoms with van der Waals surface area (Å²) in [6, 6.07) is 8.95. The van der Waals surface area contributed by atoms with Crippen molar-refractivity contribution in [1.29, 1.82) is 0 Å².